The van der Waals surface area contributed by atoms with Gasteiger partial charge in [-0.1, -0.05) is 29.3 Å². The van der Waals surface area contributed by atoms with E-state index in [0.29, 0.717) is 49.4 Å². The Balaban J connectivity index is 1.90. The molecule has 0 fully saturated rings. The molecule has 0 saturated carbocycles. The van der Waals surface area contributed by atoms with Gasteiger partial charge in [0.25, 0.3) is 0 Å². The first-order valence-electron chi connectivity index (χ1n) is 10.2. The molecule has 1 heterocycles. The molecule has 4 aromatic rings. The number of hydrogen-bond acceptors (Lipinski definition) is 5. The van der Waals surface area contributed by atoms with Gasteiger partial charge in [-0.25, -0.2) is 0 Å². The van der Waals surface area contributed by atoms with E-state index in [1.807, 2.05) is 26.0 Å². The Morgan fingerprint density at radius 2 is 1.61 bits per heavy atom. The lowest BCUT2D eigenvalue weighted by atomic mass is 10.0. The van der Waals surface area contributed by atoms with Crippen molar-refractivity contribution in [3.63, 3.8) is 0 Å². The van der Waals surface area contributed by atoms with E-state index < -0.39 is 0 Å². The summed E-state index contributed by atoms with van der Waals surface area (Å²) in [5.41, 5.74) is 3.52. The lowest BCUT2D eigenvalue weighted by Crippen LogP contribution is -2.11. The van der Waals surface area contributed by atoms with Crippen LogP contribution in [0.15, 0.2) is 57.7 Å². The highest BCUT2D eigenvalue weighted by atomic mass is 35.5. The highest BCUT2D eigenvalue weighted by Crippen LogP contribution is 2.37. The molecule has 0 aliphatic heterocycles. The number of ether oxygens (including phenoxy) is 3. The second kappa shape index (κ2) is 9.38. The van der Waals surface area contributed by atoms with E-state index in [0.717, 1.165) is 11.1 Å². The van der Waals surface area contributed by atoms with Gasteiger partial charge in [-0.3, -0.25) is 4.79 Å². The molecular formula is C26H22Cl2O5. The second-order valence-electron chi connectivity index (χ2n) is 7.62. The molecule has 0 unspecified atom stereocenters. The first-order valence-corrected chi connectivity index (χ1v) is 10.9. The standard InChI is InChI=1S/C26H22Cl2O5/c1-14-9-19-22(10-15(14)2)33-25(16-6-8-21(30-3)23(11-16)31-4)26(24(19)29)32-13-17-5-7-18(27)12-20(17)28/h5-12H,13H2,1-4H3. The fraction of sp³-hybridized carbons (Fsp3) is 0.192. The van der Waals surface area contributed by atoms with Gasteiger partial charge in [0.15, 0.2) is 17.3 Å². The van der Waals surface area contributed by atoms with Crippen molar-refractivity contribution >= 4 is 34.2 Å². The first-order chi connectivity index (χ1) is 15.8. The van der Waals surface area contributed by atoms with E-state index in [4.69, 9.17) is 41.8 Å². The maximum absolute atomic E-state index is 13.5. The van der Waals surface area contributed by atoms with Crippen LogP contribution < -0.4 is 19.6 Å². The number of methoxy groups -OCH3 is 2. The molecule has 0 aliphatic rings. The van der Waals surface area contributed by atoms with Crippen LogP contribution in [0.1, 0.15) is 16.7 Å². The van der Waals surface area contributed by atoms with E-state index in [1.54, 1.807) is 50.6 Å². The third kappa shape index (κ3) is 4.52. The van der Waals surface area contributed by atoms with Gasteiger partial charge in [0.05, 0.1) is 19.6 Å². The van der Waals surface area contributed by atoms with E-state index in [2.05, 4.69) is 0 Å². The van der Waals surface area contributed by atoms with Gasteiger partial charge >= 0.3 is 0 Å². The van der Waals surface area contributed by atoms with Gasteiger partial charge in [0.1, 0.15) is 12.2 Å². The number of benzene rings is 3. The summed E-state index contributed by atoms with van der Waals surface area (Å²) in [6.45, 7) is 3.99. The Morgan fingerprint density at radius 1 is 0.879 bits per heavy atom. The van der Waals surface area contributed by atoms with E-state index >= 15 is 0 Å². The molecular weight excluding hydrogens is 463 g/mol. The summed E-state index contributed by atoms with van der Waals surface area (Å²) in [6.07, 6.45) is 0. The minimum atomic E-state index is -0.269. The molecule has 170 valence electrons. The van der Waals surface area contributed by atoms with Crippen LogP contribution in [0.2, 0.25) is 10.0 Å². The summed E-state index contributed by atoms with van der Waals surface area (Å²) in [5.74, 6) is 1.45. The molecule has 1 aromatic heterocycles. The third-order valence-corrected chi connectivity index (χ3v) is 6.08. The Kier molecular flexibility index (Phi) is 6.54. The number of halogens is 2. The molecule has 0 saturated heterocycles. The molecule has 7 heteroatoms. The van der Waals surface area contributed by atoms with Crippen LogP contribution in [0.4, 0.5) is 0 Å². The minimum Gasteiger partial charge on any atom is -0.493 e. The minimum absolute atomic E-state index is 0.0669. The Bertz CT molecular complexity index is 1410. The first kappa shape index (κ1) is 23.0. The van der Waals surface area contributed by atoms with Gasteiger partial charge in [-0.05, 0) is 67.4 Å². The van der Waals surface area contributed by atoms with Crippen molar-refractivity contribution in [2.24, 2.45) is 0 Å². The van der Waals surface area contributed by atoms with Crippen LogP contribution in [0.5, 0.6) is 17.2 Å². The highest BCUT2D eigenvalue weighted by Gasteiger charge is 2.20. The van der Waals surface area contributed by atoms with Crippen molar-refractivity contribution < 1.29 is 18.6 Å². The van der Waals surface area contributed by atoms with Gasteiger partial charge < -0.3 is 18.6 Å². The fourth-order valence-electron chi connectivity index (χ4n) is 3.52. The highest BCUT2D eigenvalue weighted by molar-refractivity contribution is 6.35. The summed E-state index contributed by atoms with van der Waals surface area (Å²) < 4.78 is 23.0. The maximum atomic E-state index is 13.5. The van der Waals surface area contributed by atoms with Gasteiger partial charge in [0, 0.05) is 21.2 Å². The van der Waals surface area contributed by atoms with Gasteiger partial charge in [-0.2, -0.15) is 0 Å². The molecule has 0 atom stereocenters. The third-order valence-electron chi connectivity index (χ3n) is 5.50. The lowest BCUT2D eigenvalue weighted by molar-refractivity contribution is 0.298. The molecule has 33 heavy (non-hydrogen) atoms. The Hall–Kier alpha value is -3.15. The van der Waals surface area contributed by atoms with E-state index in [-0.39, 0.29) is 17.8 Å². The van der Waals surface area contributed by atoms with Crippen molar-refractivity contribution in [3.8, 4) is 28.6 Å². The summed E-state index contributed by atoms with van der Waals surface area (Å²) in [4.78, 5) is 13.5. The van der Waals surface area contributed by atoms with E-state index in [1.165, 1.54) is 0 Å². The van der Waals surface area contributed by atoms with Crippen LogP contribution in [0.3, 0.4) is 0 Å². The molecule has 0 amide bonds. The average molecular weight is 485 g/mol. The van der Waals surface area contributed by atoms with Crippen molar-refractivity contribution in [2.45, 2.75) is 20.5 Å². The maximum Gasteiger partial charge on any atom is 0.235 e. The summed E-state index contributed by atoms with van der Waals surface area (Å²) in [6, 6.07) is 14.1. The van der Waals surface area contributed by atoms with Crippen LogP contribution >= 0.6 is 23.2 Å². The fourth-order valence-corrected chi connectivity index (χ4v) is 3.98. The van der Waals surface area contributed by atoms with Crippen molar-refractivity contribution in [1.29, 1.82) is 0 Å². The molecule has 0 bridgehead atoms. The second-order valence-corrected chi connectivity index (χ2v) is 8.46. The Labute approximate surface area is 201 Å². The molecule has 0 aliphatic carbocycles. The zero-order valence-corrected chi connectivity index (χ0v) is 20.1. The summed E-state index contributed by atoms with van der Waals surface area (Å²) >= 11 is 12.3. The predicted octanol–water partition coefficient (Wildman–Crippen LogP) is 6.98. The molecule has 0 spiro atoms. The van der Waals surface area contributed by atoms with Crippen molar-refractivity contribution in [3.05, 3.63) is 85.5 Å². The van der Waals surface area contributed by atoms with Gasteiger partial charge in [-0.15, -0.1) is 0 Å². The monoisotopic (exact) mass is 484 g/mol. The number of fused-ring (bicyclic) bond motifs is 1. The summed E-state index contributed by atoms with van der Waals surface area (Å²) in [7, 11) is 3.10. The lowest BCUT2D eigenvalue weighted by Gasteiger charge is -2.15. The zero-order chi connectivity index (χ0) is 23.7. The van der Waals surface area contributed by atoms with Crippen LogP contribution in [0, 0.1) is 13.8 Å². The number of aryl methyl sites for hydroxylation is 2. The number of rotatable bonds is 6. The van der Waals surface area contributed by atoms with E-state index in [9.17, 15) is 4.79 Å². The SMILES string of the molecule is COc1ccc(-c2oc3cc(C)c(C)cc3c(=O)c2OCc2ccc(Cl)cc2Cl)cc1OC. The normalized spacial score (nSPS) is 11.0. The van der Waals surface area contributed by atoms with Gasteiger partial charge in [0.2, 0.25) is 11.2 Å². The Morgan fingerprint density at radius 3 is 2.30 bits per heavy atom. The number of hydrogen-bond donors (Lipinski definition) is 0. The predicted molar refractivity (Wildman–Crippen MR) is 131 cm³/mol. The van der Waals surface area contributed by atoms with Crippen LogP contribution in [-0.4, -0.2) is 14.2 Å². The molecule has 0 N–H and O–H groups in total. The molecule has 3 aromatic carbocycles. The molecule has 4 rings (SSSR count). The topological polar surface area (TPSA) is 57.9 Å². The summed E-state index contributed by atoms with van der Waals surface area (Å²) in [5, 5.41) is 1.41. The van der Waals surface area contributed by atoms with Crippen molar-refractivity contribution in [1.82, 2.24) is 0 Å². The quantitative estimate of drug-likeness (QED) is 0.295. The smallest absolute Gasteiger partial charge is 0.235 e. The molecule has 0 radical (unpaired) electrons. The van der Waals surface area contributed by atoms with Crippen LogP contribution in [-0.2, 0) is 6.61 Å². The van der Waals surface area contributed by atoms with Crippen molar-refractivity contribution in [2.75, 3.05) is 14.2 Å². The van der Waals surface area contributed by atoms with Crippen LogP contribution in [0.25, 0.3) is 22.3 Å². The zero-order valence-electron chi connectivity index (χ0n) is 18.6. The average Bonchev–Trinajstić information content (AvgIpc) is 2.80. The molecule has 5 nitrogen and oxygen atoms in total. The largest absolute Gasteiger partial charge is 0.493 e.